The van der Waals surface area contributed by atoms with E-state index in [4.69, 9.17) is 0 Å². The molecule has 0 N–H and O–H groups in total. The number of hydrogen-bond donors (Lipinski definition) is 0. The third-order valence-electron chi connectivity index (χ3n) is 2.84. The van der Waals surface area contributed by atoms with E-state index >= 15 is 0 Å². The van der Waals surface area contributed by atoms with E-state index < -0.39 is 0 Å². The van der Waals surface area contributed by atoms with Crippen LogP contribution in [0.3, 0.4) is 0 Å². The molecule has 15 heavy (non-hydrogen) atoms. The van der Waals surface area contributed by atoms with Gasteiger partial charge in [-0.15, -0.1) is 0 Å². The molecule has 1 saturated heterocycles. The summed E-state index contributed by atoms with van der Waals surface area (Å²) in [5, 5.41) is 0. The summed E-state index contributed by atoms with van der Waals surface area (Å²) in [5.41, 5.74) is 0. The van der Waals surface area contributed by atoms with E-state index in [0.717, 1.165) is 22.5 Å². The topological polar surface area (TPSA) is 32.3 Å². The molecule has 1 aromatic rings. The van der Waals surface area contributed by atoms with Gasteiger partial charge in [0.05, 0.1) is 3.57 Å². The van der Waals surface area contributed by atoms with E-state index in [1.807, 2.05) is 6.20 Å². The van der Waals surface area contributed by atoms with Crippen LogP contribution < -0.4 is 4.90 Å². The van der Waals surface area contributed by atoms with E-state index in [0.29, 0.717) is 6.04 Å². The number of likely N-dealkylation sites (N-methyl/N-ethyl adjacent to an activating group) is 1. The van der Waals surface area contributed by atoms with Gasteiger partial charge in [-0.2, -0.15) is 0 Å². The zero-order valence-corrected chi connectivity index (χ0v) is 11.2. The van der Waals surface area contributed by atoms with E-state index in [2.05, 4.69) is 56.5 Å². The number of nitrogens with zero attached hydrogens (tertiary/aromatic N) is 4. The van der Waals surface area contributed by atoms with Gasteiger partial charge >= 0.3 is 0 Å². The molecule has 1 aliphatic heterocycles. The summed E-state index contributed by atoms with van der Waals surface area (Å²) < 4.78 is 1.13. The molecule has 5 heteroatoms. The van der Waals surface area contributed by atoms with Crippen molar-refractivity contribution in [2.45, 2.75) is 12.5 Å². The molecule has 0 amide bonds. The van der Waals surface area contributed by atoms with E-state index in [1.165, 1.54) is 6.42 Å². The van der Waals surface area contributed by atoms with Crippen LogP contribution in [0.15, 0.2) is 12.5 Å². The lowest BCUT2D eigenvalue weighted by molar-refractivity contribution is 0.315. The maximum absolute atomic E-state index is 4.34. The Morgan fingerprint density at radius 1 is 1.53 bits per heavy atom. The van der Waals surface area contributed by atoms with Crippen LogP contribution >= 0.6 is 22.6 Å². The molecule has 0 aromatic carbocycles. The minimum absolute atomic E-state index is 0.649. The predicted octanol–water partition coefficient (Wildman–Crippen LogP) is 1.22. The monoisotopic (exact) mass is 318 g/mol. The number of hydrogen-bond acceptors (Lipinski definition) is 4. The Labute approximate surface area is 104 Å². The summed E-state index contributed by atoms with van der Waals surface area (Å²) >= 11 is 2.29. The minimum Gasteiger partial charge on any atom is -0.354 e. The zero-order valence-electron chi connectivity index (χ0n) is 9.02. The Hall–Kier alpha value is -0.430. The van der Waals surface area contributed by atoms with E-state index in [-0.39, 0.29) is 0 Å². The van der Waals surface area contributed by atoms with Gasteiger partial charge in [0.25, 0.3) is 0 Å². The first-order valence-electron chi connectivity index (χ1n) is 5.05. The molecular formula is C10H15IN4. The summed E-state index contributed by atoms with van der Waals surface area (Å²) in [5.74, 6) is 1.08. The highest BCUT2D eigenvalue weighted by atomic mass is 127. The smallest absolute Gasteiger partial charge is 0.145 e. The molecule has 2 rings (SSSR count). The van der Waals surface area contributed by atoms with Crippen molar-refractivity contribution >= 4 is 28.4 Å². The molecule has 1 aromatic heterocycles. The second-order valence-corrected chi connectivity index (χ2v) is 5.21. The largest absolute Gasteiger partial charge is 0.354 e. The summed E-state index contributed by atoms with van der Waals surface area (Å²) in [6, 6.07) is 0.649. The molecule has 0 saturated carbocycles. The quantitative estimate of drug-likeness (QED) is 0.768. The van der Waals surface area contributed by atoms with E-state index in [1.54, 1.807) is 6.33 Å². The molecular weight excluding hydrogens is 303 g/mol. The fraction of sp³-hybridized carbons (Fsp3) is 0.600. The molecule has 0 radical (unpaired) electrons. The standard InChI is InChI=1S/C10H15IN4/c1-14(2)8-3-4-15(6-8)10-9(11)5-12-7-13-10/h5,7-8H,3-4,6H2,1-2H3. The van der Waals surface area contributed by atoms with E-state index in [9.17, 15) is 0 Å². The highest BCUT2D eigenvalue weighted by molar-refractivity contribution is 14.1. The maximum atomic E-state index is 4.34. The highest BCUT2D eigenvalue weighted by Crippen LogP contribution is 2.23. The van der Waals surface area contributed by atoms with Gasteiger partial charge in [-0.05, 0) is 43.1 Å². The fourth-order valence-corrected chi connectivity index (χ4v) is 2.54. The number of rotatable bonds is 2. The van der Waals surface area contributed by atoms with Crippen molar-refractivity contribution in [2.24, 2.45) is 0 Å². The van der Waals surface area contributed by atoms with Crippen LogP contribution in [0, 0.1) is 3.57 Å². The fourth-order valence-electron chi connectivity index (χ4n) is 1.89. The number of aromatic nitrogens is 2. The summed E-state index contributed by atoms with van der Waals surface area (Å²) in [6.45, 7) is 2.16. The third kappa shape index (κ3) is 2.39. The summed E-state index contributed by atoms with van der Waals surface area (Å²) in [4.78, 5) is 13.0. The molecule has 0 aliphatic carbocycles. The third-order valence-corrected chi connectivity index (χ3v) is 3.60. The van der Waals surface area contributed by atoms with Gasteiger partial charge in [0.2, 0.25) is 0 Å². The van der Waals surface area contributed by atoms with Crippen molar-refractivity contribution in [3.8, 4) is 0 Å². The normalized spacial score (nSPS) is 21.3. The second kappa shape index (κ2) is 4.61. The van der Waals surface area contributed by atoms with Gasteiger partial charge in [-0.25, -0.2) is 9.97 Å². The van der Waals surface area contributed by atoms with Crippen molar-refractivity contribution in [1.82, 2.24) is 14.9 Å². The Balaban J connectivity index is 2.11. The highest BCUT2D eigenvalue weighted by Gasteiger charge is 2.25. The number of halogens is 1. The first-order valence-corrected chi connectivity index (χ1v) is 6.13. The van der Waals surface area contributed by atoms with Gasteiger partial charge in [0, 0.05) is 25.3 Å². The predicted molar refractivity (Wildman–Crippen MR) is 69.1 cm³/mol. The van der Waals surface area contributed by atoms with Crippen LogP contribution in [0.5, 0.6) is 0 Å². The second-order valence-electron chi connectivity index (χ2n) is 4.05. The molecule has 4 nitrogen and oxygen atoms in total. The lowest BCUT2D eigenvalue weighted by Crippen LogP contribution is -2.32. The van der Waals surface area contributed by atoms with Crippen LogP contribution in [0.4, 0.5) is 5.82 Å². The minimum atomic E-state index is 0.649. The average molecular weight is 318 g/mol. The van der Waals surface area contributed by atoms with Crippen molar-refractivity contribution in [1.29, 1.82) is 0 Å². The van der Waals surface area contributed by atoms with Crippen LogP contribution in [-0.2, 0) is 0 Å². The van der Waals surface area contributed by atoms with Crippen LogP contribution in [0.2, 0.25) is 0 Å². The Morgan fingerprint density at radius 3 is 2.93 bits per heavy atom. The van der Waals surface area contributed by atoms with Gasteiger partial charge in [-0.1, -0.05) is 0 Å². The first-order chi connectivity index (χ1) is 7.18. The van der Waals surface area contributed by atoms with Gasteiger partial charge in [0.15, 0.2) is 0 Å². The Kier molecular flexibility index (Phi) is 3.40. The molecule has 1 fully saturated rings. The van der Waals surface area contributed by atoms with Crippen LogP contribution in [0.1, 0.15) is 6.42 Å². The zero-order chi connectivity index (χ0) is 10.8. The molecule has 0 spiro atoms. The Morgan fingerprint density at radius 2 is 2.33 bits per heavy atom. The summed E-state index contributed by atoms with van der Waals surface area (Å²) in [7, 11) is 4.28. The lowest BCUT2D eigenvalue weighted by Gasteiger charge is -2.21. The van der Waals surface area contributed by atoms with Crippen molar-refractivity contribution in [3.05, 3.63) is 16.1 Å². The average Bonchev–Trinajstić information content (AvgIpc) is 2.67. The SMILES string of the molecule is CN(C)C1CCN(c2ncncc2I)C1. The molecule has 1 atom stereocenters. The Bertz CT molecular complexity index is 342. The first kappa shape index (κ1) is 11.1. The van der Waals surface area contributed by atoms with Gasteiger partial charge in [0.1, 0.15) is 12.1 Å². The van der Waals surface area contributed by atoms with Gasteiger partial charge in [-0.3, -0.25) is 0 Å². The van der Waals surface area contributed by atoms with Crippen LogP contribution in [0.25, 0.3) is 0 Å². The number of anilines is 1. The molecule has 1 aliphatic rings. The van der Waals surface area contributed by atoms with Crippen molar-refractivity contribution in [3.63, 3.8) is 0 Å². The maximum Gasteiger partial charge on any atom is 0.145 e. The van der Waals surface area contributed by atoms with Crippen LogP contribution in [-0.4, -0.2) is 48.1 Å². The van der Waals surface area contributed by atoms with Gasteiger partial charge < -0.3 is 9.80 Å². The lowest BCUT2D eigenvalue weighted by atomic mass is 10.2. The summed E-state index contributed by atoms with van der Waals surface area (Å²) in [6.07, 6.45) is 4.71. The van der Waals surface area contributed by atoms with Crippen molar-refractivity contribution in [2.75, 3.05) is 32.1 Å². The molecule has 0 bridgehead atoms. The van der Waals surface area contributed by atoms with Crippen molar-refractivity contribution < 1.29 is 0 Å². The molecule has 1 unspecified atom stereocenters. The molecule has 82 valence electrons. The molecule has 2 heterocycles.